The molecule has 0 spiro atoms. The van der Waals surface area contributed by atoms with Crippen LogP contribution in [0, 0.1) is 5.92 Å². The first-order chi connectivity index (χ1) is 13.2. The van der Waals surface area contributed by atoms with Crippen LogP contribution in [0.2, 0.25) is 0 Å². The highest BCUT2D eigenvalue weighted by Crippen LogP contribution is 2.26. The summed E-state index contributed by atoms with van der Waals surface area (Å²) in [5, 5.41) is 15.8. The Morgan fingerprint density at radius 2 is 2.04 bits per heavy atom. The summed E-state index contributed by atoms with van der Waals surface area (Å²) >= 11 is 0. The van der Waals surface area contributed by atoms with Crippen molar-refractivity contribution in [3.63, 3.8) is 0 Å². The normalized spacial score (nSPS) is 15.3. The van der Waals surface area contributed by atoms with Crippen molar-refractivity contribution in [1.29, 1.82) is 0 Å². The van der Waals surface area contributed by atoms with Crippen molar-refractivity contribution in [2.75, 3.05) is 25.1 Å². The fraction of sp³-hybridized carbons (Fsp3) is 0.450. The van der Waals surface area contributed by atoms with Crippen molar-refractivity contribution in [1.82, 2.24) is 25.0 Å². The molecule has 0 radical (unpaired) electrons. The summed E-state index contributed by atoms with van der Waals surface area (Å²) in [4.78, 5) is 2.35. The second-order valence-electron chi connectivity index (χ2n) is 7.22. The zero-order chi connectivity index (χ0) is 18.6. The van der Waals surface area contributed by atoms with Gasteiger partial charge >= 0.3 is 0 Å². The maximum Gasteiger partial charge on any atom is 0.226 e. The number of H-pyrrole nitrogens is 1. The topological polar surface area (TPSA) is 71.9 Å². The summed E-state index contributed by atoms with van der Waals surface area (Å²) in [6, 6.07) is 10.4. The van der Waals surface area contributed by atoms with Crippen LogP contribution in [0.5, 0.6) is 5.75 Å². The summed E-state index contributed by atoms with van der Waals surface area (Å²) in [5.41, 5.74) is 2.40. The lowest BCUT2D eigenvalue weighted by atomic mass is 9.90. The van der Waals surface area contributed by atoms with Gasteiger partial charge in [0, 0.05) is 38.4 Å². The molecule has 1 aliphatic heterocycles. The molecule has 0 aliphatic carbocycles. The quantitative estimate of drug-likeness (QED) is 0.726. The van der Waals surface area contributed by atoms with Crippen LogP contribution in [0.25, 0.3) is 0 Å². The van der Waals surface area contributed by atoms with Crippen molar-refractivity contribution in [3.8, 4) is 5.75 Å². The summed E-state index contributed by atoms with van der Waals surface area (Å²) in [5.74, 6) is 3.55. The predicted molar refractivity (Wildman–Crippen MR) is 104 cm³/mol. The monoisotopic (exact) mass is 366 g/mol. The molecule has 142 valence electrons. The van der Waals surface area contributed by atoms with E-state index in [2.05, 4.69) is 48.1 Å². The van der Waals surface area contributed by atoms with E-state index < -0.39 is 0 Å². The van der Waals surface area contributed by atoms with Gasteiger partial charge in [-0.15, -0.1) is 10.2 Å². The molecule has 4 rings (SSSR count). The van der Waals surface area contributed by atoms with E-state index in [0.29, 0.717) is 5.92 Å². The molecule has 0 atom stereocenters. The predicted octanol–water partition coefficient (Wildman–Crippen LogP) is 2.60. The van der Waals surface area contributed by atoms with Crippen LogP contribution < -0.4 is 9.64 Å². The molecule has 0 unspecified atom stereocenters. The molecule has 7 nitrogen and oxygen atoms in total. The van der Waals surface area contributed by atoms with Gasteiger partial charge in [-0.3, -0.25) is 5.10 Å². The van der Waals surface area contributed by atoms with Crippen LogP contribution in [0.15, 0.2) is 36.5 Å². The number of ether oxygens (including phenoxy) is 1. The zero-order valence-corrected chi connectivity index (χ0v) is 15.9. The number of nitrogens with zero attached hydrogens (tertiary/aromatic N) is 5. The molecule has 1 fully saturated rings. The average molecular weight is 366 g/mol. The number of methoxy groups -OCH3 is 1. The minimum Gasteiger partial charge on any atom is -0.497 e. The lowest BCUT2D eigenvalue weighted by molar-refractivity contribution is 0.395. The SMILES string of the molecule is COc1cccc(CC2CCN(c3nnc(Cc4ccn[nH]4)n3C)CC2)c1. The van der Waals surface area contributed by atoms with E-state index >= 15 is 0 Å². The van der Waals surface area contributed by atoms with E-state index in [0.717, 1.165) is 49.1 Å². The third kappa shape index (κ3) is 3.97. The van der Waals surface area contributed by atoms with Crippen LogP contribution in [0.4, 0.5) is 5.95 Å². The lowest BCUT2D eigenvalue weighted by Gasteiger charge is -2.32. The van der Waals surface area contributed by atoms with Gasteiger partial charge in [0.1, 0.15) is 11.6 Å². The first kappa shape index (κ1) is 17.6. The molecule has 1 N–H and O–H groups in total. The van der Waals surface area contributed by atoms with Gasteiger partial charge in [-0.1, -0.05) is 12.1 Å². The van der Waals surface area contributed by atoms with Crippen molar-refractivity contribution in [3.05, 3.63) is 53.6 Å². The van der Waals surface area contributed by atoms with Gasteiger partial charge < -0.3 is 14.2 Å². The second kappa shape index (κ2) is 7.82. The van der Waals surface area contributed by atoms with Crippen molar-refractivity contribution in [2.45, 2.75) is 25.7 Å². The number of benzene rings is 1. The Kier molecular flexibility index (Phi) is 5.09. The van der Waals surface area contributed by atoms with Gasteiger partial charge in [-0.05, 0) is 48.9 Å². The van der Waals surface area contributed by atoms with Crippen molar-refractivity contribution >= 4 is 5.95 Å². The zero-order valence-electron chi connectivity index (χ0n) is 15.9. The Bertz CT molecular complexity index is 864. The average Bonchev–Trinajstić information content (AvgIpc) is 3.34. The molecule has 1 aromatic carbocycles. The third-order valence-corrected chi connectivity index (χ3v) is 5.40. The maximum absolute atomic E-state index is 5.34. The number of hydrogen-bond acceptors (Lipinski definition) is 5. The Morgan fingerprint density at radius 3 is 2.78 bits per heavy atom. The molecule has 27 heavy (non-hydrogen) atoms. The van der Waals surface area contributed by atoms with E-state index in [4.69, 9.17) is 4.74 Å². The van der Waals surface area contributed by atoms with Crippen molar-refractivity contribution < 1.29 is 4.74 Å². The molecule has 1 saturated heterocycles. The van der Waals surface area contributed by atoms with Crippen LogP contribution >= 0.6 is 0 Å². The van der Waals surface area contributed by atoms with E-state index in [9.17, 15) is 0 Å². The highest BCUT2D eigenvalue weighted by molar-refractivity contribution is 5.33. The van der Waals surface area contributed by atoms with Crippen molar-refractivity contribution in [2.24, 2.45) is 13.0 Å². The van der Waals surface area contributed by atoms with E-state index in [1.54, 1.807) is 13.3 Å². The summed E-state index contributed by atoms with van der Waals surface area (Å²) in [6.45, 7) is 2.04. The largest absolute Gasteiger partial charge is 0.497 e. The van der Waals surface area contributed by atoms with Gasteiger partial charge in [-0.25, -0.2) is 0 Å². The molecule has 1 aliphatic rings. The number of piperidine rings is 1. The highest BCUT2D eigenvalue weighted by atomic mass is 16.5. The fourth-order valence-electron chi connectivity index (χ4n) is 3.80. The number of aromatic nitrogens is 5. The standard InChI is InChI=1S/C20H26N6O/c1-25-19(14-17-6-9-21-22-17)23-24-20(25)26-10-7-15(8-11-26)12-16-4-3-5-18(13-16)27-2/h3-6,9,13,15H,7-8,10-12,14H2,1-2H3,(H,21,22). The molecule has 0 saturated carbocycles. The van der Waals surface area contributed by atoms with Gasteiger partial charge in [0.2, 0.25) is 5.95 Å². The number of nitrogens with one attached hydrogen (secondary N) is 1. The molecule has 3 aromatic rings. The minimum atomic E-state index is 0.700. The van der Waals surface area contributed by atoms with E-state index in [1.807, 2.05) is 19.2 Å². The van der Waals surface area contributed by atoms with E-state index in [-0.39, 0.29) is 0 Å². The lowest BCUT2D eigenvalue weighted by Crippen LogP contribution is -2.36. The van der Waals surface area contributed by atoms with Gasteiger partial charge in [0.25, 0.3) is 0 Å². The Balaban J connectivity index is 1.36. The first-order valence-electron chi connectivity index (χ1n) is 9.47. The van der Waals surface area contributed by atoms with E-state index in [1.165, 1.54) is 18.4 Å². The Hall–Kier alpha value is -2.83. The molecular formula is C20H26N6O. The minimum absolute atomic E-state index is 0.700. The molecule has 7 heteroatoms. The van der Waals surface area contributed by atoms with Gasteiger partial charge in [0.05, 0.1) is 7.11 Å². The summed E-state index contributed by atoms with van der Waals surface area (Å²) in [6.07, 6.45) is 5.92. The number of rotatable bonds is 6. The van der Waals surface area contributed by atoms with Gasteiger partial charge in [0.15, 0.2) is 0 Å². The molecule has 0 bridgehead atoms. The fourth-order valence-corrected chi connectivity index (χ4v) is 3.80. The molecular weight excluding hydrogens is 340 g/mol. The number of hydrogen-bond donors (Lipinski definition) is 1. The van der Waals surface area contributed by atoms with Crippen LogP contribution in [-0.4, -0.2) is 45.2 Å². The number of anilines is 1. The summed E-state index contributed by atoms with van der Waals surface area (Å²) < 4.78 is 7.44. The van der Waals surface area contributed by atoms with Crippen LogP contribution in [-0.2, 0) is 19.9 Å². The van der Waals surface area contributed by atoms with Crippen LogP contribution in [0.3, 0.4) is 0 Å². The van der Waals surface area contributed by atoms with Crippen LogP contribution in [0.1, 0.15) is 29.9 Å². The molecule has 0 amide bonds. The number of aromatic amines is 1. The summed E-state index contributed by atoms with van der Waals surface area (Å²) in [7, 11) is 3.77. The third-order valence-electron chi connectivity index (χ3n) is 5.40. The second-order valence-corrected chi connectivity index (χ2v) is 7.22. The Labute approximate surface area is 159 Å². The smallest absolute Gasteiger partial charge is 0.226 e. The molecule has 2 aromatic heterocycles. The highest BCUT2D eigenvalue weighted by Gasteiger charge is 2.23. The maximum atomic E-state index is 5.34. The Morgan fingerprint density at radius 1 is 1.19 bits per heavy atom. The first-order valence-corrected chi connectivity index (χ1v) is 9.47. The molecule has 3 heterocycles. The van der Waals surface area contributed by atoms with Gasteiger partial charge in [-0.2, -0.15) is 5.10 Å².